The third-order valence-electron chi connectivity index (χ3n) is 10.1. The summed E-state index contributed by atoms with van der Waals surface area (Å²) in [7, 11) is 0. The highest BCUT2D eigenvalue weighted by molar-refractivity contribution is 5.97. The van der Waals surface area contributed by atoms with Crippen LogP contribution in [0.4, 0.5) is 0 Å². The highest BCUT2D eigenvalue weighted by Crippen LogP contribution is 2.30. The van der Waals surface area contributed by atoms with Gasteiger partial charge < -0.3 is 20.9 Å². The summed E-state index contributed by atoms with van der Waals surface area (Å²) in [5, 5.41) is 17.8. The summed E-state index contributed by atoms with van der Waals surface area (Å²) >= 11 is 0. The first-order valence-electron chi connectivity index (χ1n) is 17.0. The van der Waals surface area contributed by atoms with Crippen molar-refractivity contribution in [3.05, 3.63) is 0 Å². The third kappa shape index (κ3) is 9.91. The van der Waals surface area contributed by atoms with Crippen LogP contribution in [-0.4, -0.2) is 70.4 Å². The molecule has 5 N–H and O–H groups in total. The van der Waals surface area contributed by atoms with E-state index in [1.165, 1.54) is 12.8 Å². The maximum Gasteiger partial charge on any atom is 0.245 e. The van der Waals surface area contributed by atoms with Gasteiger partial charge in [-0.25, -0.2) is 5.48 Å². The molecule has 43 heavy (non-hydrogen) atoms. The van der Waals surface area contributed by atoms with Crippen LogP contribution in [0.15, 0.2) is 0 Å². The fourth-order valence-electron chi connectivity index (χ4n) is 7.58. The Morgan fingerprint density at radius 2 is 1.23 bits per heavy atom. The SMILES string of the molecule is O=C(CCCCC[C@@H]1NC(=O)[C@H]2CCCCN2C(=O)[C@H](CC2CCCCC2)NC(=O)[C@@H](CC2CCCCC2)NC1=O)NO. The Morgan fingerprint density at radius 3 is 1.88 bits per heavy atom. The molecule has 2 saturated heterocycles. The lowest BCUT2D eigenvalue weighted by atomic mass is 9.83. The van der Waals surface area contributed by atoms with Gasteiger partial charge in [-0.2, -0.15) is 0 Å². The van der Waals surface area contributed by atoms with Crippen LogP contribution < -0.4 is 21.4 Å². The second-order valence-electron chi connectivity index (χ2n) is 13.3. The number of amides is 5. The summed E-state index contributed by atoms with van der Waals surface area (Å²) in [5.74, 6) is -0.967. The summed E-state index contributed by atoms with van der Waals surface area (Å²) in [5.41, 5.74) is 1.63. The van der Waals surface area contributed by atoms with E-state index in [4.69, 9.17) is 5.21 Å². The Bertz CT molecular complexity index is 964. The molecular formula is C32H53N5O6. The Balaban J connectivity index is 1.55. The van der Waals surface area contributed by atoms with Crippen LogP contribution in [0.2, 0.25) is 0 Å². The first-order valence-corrected chi connectivity index (χ1v) is 17.0. The van der Waals surface area contributed by atoms with E-state index >= 15 is 0 Å². The number of unbranched alkanes of at least 4 members (excludes halogenated alkanes) is 2. The standard InChI is InChI=1S/C32H53N5O6/c38-28(36-43)18-9-3-8-16-24-29(39)34-25(20-22-12-4-1-5-13-22)30(40)35-26(21-23-14-6-2-7-15-23)32(42)37-19-11-10-17-27(37)31(41)33-24/h22-27,43H,1-21H2,(H,33,41)(H,34,39)(H,35,40)(H,36,38)/t24-,25+,26-,27+/m0/s1. The molecule has 11 heteroatoms. The number of piperidine rings is 1. The van der Waals surface area contributed by atoms with Crippen molar-refractivity contribution in [1.29, 1.82) is 0 Å². The van der Waals surface area contributed by atoms with Gasteiger partial charge in [-0.15, -0.1) is 0 Å². The molecule has 2 aliphatic heterocycles. The van der Waals surface area contributed by atoms with E-state index in [1.54, 1.807) is 10.4 Å². The molecule has 11 nitrogen and oxygen atoms in total. The smallest absolute Gasteiger partial charge is 0.245 e. The van der Waals surface area contributed by atoms with Gasteiger partial charge in [0.2, 0.25) is 29.5 Å². The molecule has 4 atom stereocenters. The summed E-state index contributed by atoms with van der Waals surface area (Å²) in [6.45, 7) is 0.462. The molecule has 0 spiro atoms. The summed E-state index contributed by atoms with van der Waals surface area (Å²) in [6.07, 6.45) is 16.5. The minimum atomic E-state index is -0.850. The maximum atomic E-state index is 14.1. The predicted octanol–water partition coefficient (Wildman–Crippen LogP) is 3.23. The number of nitrogens with zero attached hydrogens (tertiary/aromatic N) is 1. The highest BCUT2D eigenvalue weighted by Gasteiger charge is 2.40. The van der Waals surface area contributed by atoms with E-state index in [2.05, 4.69) is 16.0 Å². The highest BCUT2D eigenvalue weighted by atomic mass is 16.5. The van der Waals surface area contributed by atoms with E-state index in [0.29, 0.717) is 63.3 Å². The van der Waals surface area contributed by atoms with Crippen molar-refractivity contribution in [2.45, 2.75) is 153 Å². The molecule has 2 heterocycles. The second-order valence-corrected chi connectivity index (χ2v) is 13.3. The van der Waals surface area contributed by atoms with Gasteiger partial charge in [-0.1, -0.05) is 77.0 Å². The fraction of sp³-hybridized carbons (Fsp3) is 0.844. The normalized spacial score (nSPS) is 28.5. The number of rotatable bonds is 10. The van der Waals surface area contributed by atoms with Gasteiger partial charge in [0.15, 0.2) is 0 Å². The summed E-state index contributed by atoms with van der Waals surface area (Å²) in [6, 6.07) is -3.01. The van der Waals surface area contributed by atoms with E-state index in [1.807, 2.05) is 0 Å². The monoisotopic (exact) mass is 603 g/mol. The summed E-state index contributed by atoms with van der Waals surface area (Å²) in [4.78, 5) is 68.5. The first kappa shape index (κ1) is 33.2. The van der Waals surface area contributed by atoms with Crippen molar-refractivity contribution in [3.8, 4) is 0 Å². The molecule has 4 rings (SSSR count). The van der Waals surface area contributed by atoms with Crippen molar-refractivity contribution >= 4 is 29.5 Å². The van der Waals surface area contributed by atoms with Gasteiger partial charge in [0.05, 0.1) is 0 Å². The molecule has 4 aliphatic rings. The van der Waals surface area contributed by atoms with Crippen LogP contribution in [0.1, 0.15) is 128 Å². The number of hydrogen-bond donors (Lipinski definition) is 5. The summed E-state index contributed by atoms with van der Waals surface area (Å²) < 4.78 is 0. The molecule has 0 aromatic heterocycles. The molecular weight excluding hydrogens is 550 g/mol. The second kappa shape index (κ2) is 17.0. The van der Waals surface area contributed by atoms with E-state index in [9.17, 15) is 24.0 Å². The van der Waals surface area contributed by atoms with Gasteiger partial charge in [0.1, 0.15) is 24.2 Å². The molecule has 4 fully saturated rings. The van der Waals surface area contributed by atoms with Gasteiger partial charge in [-0.3, -0.25) is 29.2 Å². The van der Waals surface area contributed by atoms with Crippen molar-refractivity contribution in [2.75, 3.05) is 6.54 Å². The first-order chi connectivity index (χ1) is 20.9. The van der Waals surface area contributed by atoms with Crippen LogP contribution in [0.3, 0.4) is 0 Å². The number of carbonyl (C=O) groups is 5. The zero-order chi connectivity index (χ0) is 30.6. The Hall–Kier alpha value is -2.69. The number of fused-ring (bicyclic) bond motifs is 1. The molecule has 0 radical (unpaired) electrons. The lowest BCUT2D eigenvalue weighted by Crippen LogP contribution is -2.63. The van der Waals surface area contributed by atoms with Gasteiger partial charge in [0.25, 0.3) is 0 Å². The minimum Gasteiger partial charge on any atom is -0.343 e. The van der Waals surface area contributed by atoms with Crippen LogP contribution in [0.25, 0.3) is 0 Å². The van der Waals surface area contributed by atoms with Gasteiger partial charge >= 0.3 is 0 Å². The van der Waals surface area contributed by atoms with Crippen LogP contribution in [0.5, 0.6) is 0 Å². The minimum absolute atomic E-state index is 0.171. The van der Waals surface area contributed by atoms with Crippen molar-refractivity contribution in [2.24, 2.45) is 11.8 Å². The number of nitrogens with one attached hydrogen (secondary N) is 4. The predicted molar refractivity (Wildman–Crippen MR) is 161 cm³/mol. The van der Waals surface area contributed by atoms with Gasteiger partial charge in [0, 0.05) is 13.0 Å². The van der Waals surface area contributed by atoms with Crippen molar-refractivity contribution in [3.63, 3.8) is 0 Å². The molecule has 2 aliphatic carbocycles. The zero-order valence-corrected chi connectivity index (χ0v) is 25.7. The molecule has 5 amide bonds. The van der Waals surface area contributed by atoms with E-state index in [-0.39, 0.29) is 30.0 Å². The average molecular weight is 604 g/mol. The van der Waals surface area contributed by atoms with E-state index in [0.717, 1.165) is 64.2 Å². The van der Waals surface area contributed by atoms with Crippen molar-refractivity contribution in [1.82, 2.24) is 26.3 Å². The maximum absolute atomic E-state index is 14.1. The molecule has 0 unspecified atom stereocenters. The largest absolute Gasteiger partial charge is 0.343 e. The molecule has 242 valence electrons. The number of carbonyl (C=O) groups excluding carboxylic acids is 5. The van der Waals surface area contributed by atoms with Crippen LogP contribution >= 0.6 is 0 Å². The third-order valence-corrected chi connectivity index (χ3v) is 10.1. The van der Waals surface area contributed by atoms with Crippen LogP contribution in [-0.2, 0) is 24.0 Å². The lowest BCUT2D eigenvalue weighted by Gasteiger charge is -2.39. The van der Waals surface area contributed by atoms with Crippen molar-refractivity contribution < 1.29 is 29.2 Å². The van der Waals surface area contributed by atoms with E-state index < -0.39 is 30.1 Å². The molecule has 0 bridgehead atoms. The fourth-order valence-corrected chi connectivity index (χ4v) is 7.58. The number of hydroxylamine groups is 1. The Morgan fingerprint density at radius 1 is 0.674 bits per heavy atom. The average Bonchev–Trinajstić information content (AvgIpc) is 3.03. The Labute approximate surface area is 256 Å². The number of hydrogen-bond acceptors (Lipinski definition) is 6. The topological polar surface area (TPSA) is 157 Å². The molecule has 0 aromatic carbocycles. The molecule has 2 saturated carbocycles. The van der Waals surface area contributed by atoms with Gasteiger partial charge in [-0.05, 0) is 56.8 Å². The van der Waals surface area contributed by atoms with Crippen LogP contribution in [0, 0.1) is 11.8 Å². The zero-order valence-electron chi connectivity index (χ0n) is 25.7. The molecule has 0 aromatic rings. The Kier molecular flexibility index (Phi) is 13.1. The quantitative estimate of drug-likeness (QED) is 0.147. The lowest BCUT2D eigenvalue weighted by molar-refractivity contribution is -0.147.